The third-order valence-electron chi connectivity index (χ3n) is 2.23. The Morgan fingerprint density at radius 2 is 2.00 bits per heavy atom. The SMILES string of the molecule is CCC(O)c1cc(Br)c(OC)c(OC)c1. The Bertz CT molecular complexity index is 339. The Morgan fingerprint density at radius 3 is 2.47 bits per heavy atom. The maximum Gasteiger partial charge on any atom is 0.174 e. The molecule has 0 aromatic heterocycles. The summed E-state index contributed by atoms with van der Waals surface area (Å²) in [7, 11) is 3.16. The monoisotopic (exact) mass is 274 g/mol. The molecule has 15 heavy (non-hydrogen) atoms. The average Bonchev–Trinajstić information content (AvgIpc) is 2.26. The van der Waals surface area contributed by atoms with Crippen LogP contribution in [0.5, 0.6) is 11.5 Å². The molecule has 4 heteroatoms. The van der Waals surface area contributed by atoms with Gasteiger partial charge in [-0.1, -0.05) is 6.92 Å². The van der Waals surface area contributed by atoms with E-state index in [1.54, 1.807) is 20.3 Å². The zero-order valence-corrected chi connectivity index (χ0v) is 10.7. The molecule has 0 amide bonds. The number of rotatable bonds is 4. The fourth-order valence-electron chi connectivity index (χ4n) is 1.37. The molecule has 0 aliphatic rings. The van der Waals surface area contributed by atoms with Gasteiger partial charge >= 0.3 is 0 Å². The number of methoxy groups -OCH3 is 2. The van der Waals surface area contributed by atoms with Crippen molar-refractivity contribution in [2.75, 3.05) is 14.2 Å². The minimum atomic E-state index is -0.471. The molecule has 1 aromatic rings. The van der Waals surface area contributed by atoms with E-state index in [-0.39, 0.29) is 0 Å². The van der Waals surface area contributed by atoms with E-state index >= 15 is 0 Å². The van der Waals surface area contributed by atoms with Crippen molar-refractivity contribution in [3.8, 4) is 11.5 Å². The first kappa shape index (κ1) is 12.3. The first-order valence-electron chi connectivity index (χ1n) is 4.73. The molecule has 84 valence electrons. The van der Waals surface area contributed by atoms with E-state index in [2.05, 4.69) is 15.9 Å². The van der Waals surface area contributed by atoms with E-state index in [1.807, 2.05) is 13.0 Å². The Labute approximate surface area is 98.1 Å². The predicted octanol–water partition coefficient (Wildman–Crippen LogP) is 2.91. The second kappa shape index (κ2) is 5.37. The molecule has 0 fully saturated rings. The number of aliphatic hydroxyl groups is 1. The molecule has 0 saturated heterocycles. The lowest BCUT2D eigenvalue weighted by molar-refractivity contribution is 0.173. The van der Waals surface area contributed by atoms with Gasteiger partial charge in [-0.05, 0) is 40.0 Å². The number of hydrogen-bond acceptors (Lipinski definition) is 3. The standard InChI is InChI=1S/C11H15BrO3/c1-4-9(13)7-5-8(12)11(15-3)10(6-7)14-2/h5-6,9,13H,4H2,1-3H3. The van der Waals surface area contributed by atoms with E-state index in [0.717, 1.165) is 10.0 Å². The van der Waals surface area contributed by atoms with Crippen LogP contribution in [-0.2, 0) is 0 Å². The third-order valence-corrected chi connectivity index (χ3v) is 2.82. The van der Waals surface area contributed by atoms with Crippen LogP contribution in [0.2, 0.25) is 0 Å². The van der Waals surface area contributed by atoms with E-state index in [4.69, 9.17) is 9.47 Å². The number of benzene rings is 1. The molecule has 0 heterocycles. The molecule has 0 aliphatic carbocycles. The number of ether oxygens (including phenoxy) is 2. The van der Waals surface area contributed by atoms with Crippen LogP contribution in [0.3, 0.4) is 0 Å². The van der Waals surface area contributed by atoms with Crippen molar-refractivity contribution >= 4 is 15.9 Å². The van der Waals surface area contributed by atoms with Crippen LogP contribution in [-0.4, -0.2) is 19.3 Å². The largest absolute Gasteiger partial charge is 0.493 e. The van der Waals surface area contributed by atoms with Gasteiger partial charge in [0.15, 0.2) is 11.5 Å². The molecule has 1 aromatic carbocycles. The molecule has 0 spiro atoms. The average molecular weight is 275 g/mol. The van der Waals surface area contributed by atoms with Crippen LogP contribution >= 0.6 is 15.9 Å². The highest BCUT2D eigenvalue weighted by Gasteiger charge is 2.13. The minimum absolute atomic E-state index is 0.471. The van der Waals surface area contributed by atoms with Crippen molar-refractivity contribution in [1.29, 1.82) is 0 Å². The van der Waals surface area contributed by atoms with Gasteiger partial charge < -0.3 is 14.6 Å². The smallest absolute Gasteiger partial charge is 0.174 e. The van der Waals surface area contributed by atoms with Gasteiger partial charge in [-0.3, -0.25) is 0 Å². The van der Waals surface area contributed by atoms with Gasteiger partial charge in [-0.15, -0.1) is 0 Å². The van der Waals surface area contributed by atoms with E-state index in [9.17, 15) is 5.11 Å². The normalized spacial score (nSPS) is 12.3. The first-order valence-corrected chi connectivity index (χ1v) is 5.52. The molecule has 0 radical (unpaired) electrons. The summed E-state index contributed by atoms with van der Waals surface area (Å²) >= 11 is 3.38. The van der Waals surface area contributed by atoms with E-state index < -0.39 is 6.10 Å². The molecule has 1 unspecified atom stereocenters. The van der Waals surface area contributed by atoms with Crippen molar-refractivity contribution in [1.82, 2.24) is 0 Å². The lowest BCUT2D eigenvalue weighted by Crippen LogP contribution is -1.98. The molecule has 3 nitrogen and oxygen atoms in total. The summed E-state index contributed by atoms with van der Waals surface area (Å²) in [4.78, 5) is 0. The fourth-order valence-corrected chi connectivity index (χ4v) is 1.99. The lowest BCUT2D eigenvalue weighted by atomic mass is 10.1. The Balaban J connectivity index is 3.19. The summed E-state index contributed by atoms with van der Waals surface area (Å²) in [6.07, 6.45) is 0.197. The highest BCUT2D eigenvalue weighted by atomic mass is 79.9. The molecule has 1 rings (SSSR count). The highest BCUT2D eigenvalue weighted by molar-refractivity contribution is 9.10. The Hall–Kier alpha value is -0.740. The van der Waals surface area contributed by atoms with Gasteiger partial charge in [-0.2, -0.15) is 0 Å². The van der Waals surface area contributed by atoms with Crippen LogP contribution < -0.4 is 9.47 Å². The van der Waals surface area contributed by atoms with Crippen LogP contribution in [0.4, 0.5) is 0 Å². The van der Waals surface area contributed by atoms with E-state index in [1.165, 1.54) is 0 Å². The van der Waals surface area contributed by atoms with Gasteiger partial charge in [-0.25, -0.2) is 0 Å². The van der Waals surface area contributed by atoms with Crippen LogP contribution in [0.15, 0.2) is 16.6 Å². The van der Waals surface area contributed by atoms with Crippen LogP contribution in [0, 0.1) is 0 Å². The summed E-state index contributed by atoms with van der Waals surface area (Å²) in [5, 5.41) is 9.72. The zero-order valence-electron chi connectivity index (χ0n) is 9.08. The Kier molecular flexibility index (Phi) is 4.42. The van der Waals surface area contributed by atoms with Crippen molar-refractivity contribution in [3.05, 3.63) is 22.2 Å². The highest BCUT2D eigenvalue weighted by Crippen LogP contribution is 2.38. The molecule has 0 bridgehead atoms. The molecular weight excluding hydrogens is 260 g/mol. The molecule has 1 N–H and O–H groups in total. The summed E-state index contributed by atoms with van der Waals surface area (Å²) < 4.78 is 11.2. The first-order chi connectivity index (χ1) is 7.13. The molecule has 0 aliphatic heterocycles. The third kappa shape index (κ3) is 2.63. The predicted molar refractivity (Wildman–Crippen MR) is 62.5 cm³/mol. The fraction of sp³-hybridized carbons (Fsp3) is 0.455. The topological polar surface area (TPSA) is 38.7 Å². The summed E-state index contributed by atoms with van der Waals surface area (Å²) in [5.41, 5.74) is 0.821. The number of hydrogen-bond donors (Lipinski definition) is 1. The summed E-state index contributed by atoms with van der Waals surface area (Å²) in [6.45, 7) is 1.93. The zero-order chi connectivity index (χ0) is 11.4. The van der Waals surface area contributed by atoms with Gasteiger partial charge in [0, 0.05) is 0 Å². The number of halogens is 1. The maximum absolute atomic E-state index is 9.72. The van der Waals surface area contributed by atoms with Gasteiger partial charge in [0.2, 0.25) is 0 Å². The van der Waals surface area contributed by atoms with Crippen molar-refractivity contribution in [2.24, 2.45) is 0 Å². The maximum atomic E-state index is 9.72. The summed E-state index contributed by atoms with van der Waals surface area (Å²) in [6, 6.07) is 3.63. The molecule has 1 atom stereocenters. The lowest BCUT2D eigenvalue weighted by Gasteiger charge is -2.14. The van der Waals surface area contributed by atoms with E-state index in [0.29, 0.717) is 17.9 Å². The van der Waals surface area contributed by atoms with Gasteiger partial charge in [0.1, 0.15) is 0 Å². The van der Waals surface area contributed by atoms with Crippen molar-refractivity contribution in [2.45, 2.75) is 19.4 Å². The Morgan fingerprint density at radius 1 is 1.33 bits per heavy atom. The van der Waals surface area contributed by atoms with Gasteiger partial charge in [0.05, 0.1) is 24.8 Å². The van der Waals surface area contributed by atoms with Crippen LogP contribution in [0.1, 0.15) is 25.0 Å². The molecule has 0 saturated carbocycles. The quantitative estimate of drug-likeness (QED) is 0.918. The van der Waals surface area contributed by atoms with Crippen molar-refractivity contribution < 1.29 is 14.6 Å². The molecular formula is C11H15BrO3. The second-order valence-electron chi connectivity index (χ2n) is 3.16. The van der Waals surface area contributed by atoms with Crippen molar-refractivity contribution in [3.63, 3.8) is 0 Å². The van der Waals surface area contributed by atoms with Crippen LogP contribution in [0.25, 0.3) is 0 Å². The summed E-state index contributed by atoms with van der Waals surface area (Å²) in [5.74, 6) is 1.26. The minimum Gasteiger partial charge on any atom is -0.493 e. The van der Waals surface area contributed by atoms with Gasteiger partial charge in [0.25, 0.3) is 0 Å². The number of aliphatic hydroxyl groups excluding tert-OH is 1. The second-order valence-corrected chi connectivity index (χ2v) is 4.02.